The first kappa shape index (κ1) is 15.5. The number of hydrogen-bond donors (Lipinski definition) is 2. The van der Waals surface area contributed by atoms with E-state index in [9.17, 15) is 4.79 Å². The van der Waals surface area contributed by atoms with E-state index in [2.05, 4.69) is 33.5 Å². The highest BCUT2D eigenvalue weighted by Gasteiger charge is 2.38. The molecule has 1 aromatic carbocycles. The van der Waals surface area contributed by atoms with Crippen molar-refractivity contribution in [2.45, 2.75) is 39.2 Å². The lowest BCUT2D eigenvalue weighted by Gasteiger charge is -2.36. The van der Waals surface area contributed by atoms with Gasteiger partial charge in [0.15, 0.2) is 0 Å². The molecule has 1 fully saturated rings. The van der Waals surface area contributed by atoms with Crippen LogP contribution in [-0.4, -0.2) is 19.0 Å². The Morgan fingerprint density at radius 3 is 2.85 bits per heavy atom. The summed E-state index contributed by atoms with van der Waals surface area (Å²) in [7, 11) is 0. The van der Waals surface area contributed by atoms with Gasteiger partial charge in [-0.3, -0.25) is 4.79 Å². The molecule has 20 heavy (non-hydrogen) atoms. The van der Waals surface area contributed by atoms with Gasteiger partial charge in [0, 0.05) is 11.0 Å². The van der Waals surface area contributed by atoms with Crippen LogP contribution in [0, 0.1) is 5.41 Å². The molecular formula is C16H23BrN2O. The minimum atomic E-state index is -0.242. The molecule has 1 saturated heterocycles. The normalized spacial score (nSPS) is 24.1. The van der Waals surface area contributed by atoms with Crippen LogP contribution in [0.3, 0.4) is 0 Å². The molecule has 0 aromatic heterocycles. The number of carbonyl (C=O) groups excluding carboxylic acids is 1. The van der Waals surface area contributed by atoms with E-state index in [1.165, 1.54) is 0 Å². The van der Waals surface area contributed by atoms with Gasteiger partial charge in [0.1, 0.15) is 0 Å². The Balaban J connectivity index is 2.08. The monoisotopic (exact) mass is 338 g/mol. The van der Waals surface area contributed by atoms with Crippen molar-refractivity contribution < 1.29 is 4.79 Å². The zero-order valence-electron chi connectivity index (χ0n) is 12.2. The van der Waals surface area contributed by atoms with E-state index in [1.54, 1.807) is 0 Å². The van der Waals surface area contributed by atoms with Gasteiger partial charge in [0.25, 0.3) is 0 Å². The Kier molecular flexibility index (Phi) is 5.22. The van der Waals surface area contributed by atoms with Crippen LogP contribution in [0.1, 0.15) is 44.7 Å². The van der Waals surface area contributed by atoms with Crippen molar-refractivity contribution in [2.24, 2.45) is 5.41 Å². The van der Waals surface area contributed by atoms with Gasteiger partial charge in [-0.1, -0.05) is 41.1 Å². The van der Waals surface area contributed by atoms with Crippen LogP contribution in [-0.2, 0) is 4.79 Å². The summed E-state index contributed by atoms with van der Waals surface area (Å²) in [5.74, 6) is 0.176. The molecule has 1 aliphatic heterocycles. The smallest absolute Gasteiger partial charge is 0.227 e. The number of benzene rings is 1. The molecule has 0 bridgehead atoms. The first-order valence-electron chi connectivity index (χ1n) is 7.35. The molecule has 2 atom stereocenters. The highest BCUT2D eigenvalue weighted by molar-refractivity contribution is 9.10. The van der Waals surface area contributed by atoms with Gasteiger partial charge in [0.05, 0.1) is 11.5 Å². The molecular weight excluding hydrogens is 316 g/mol. The Hall–Kier alpha value is -0.870. The van der Waals surface area contributed by atoms with E-state index in [-0.39, 0.29) is 17.4 Å². The number of carbonyl (C=O) groups is 1. The van der Waals surface area contributed by atoms with Gasteiger partial charge in [-0.2, -0.15) is 0 Å². The standard InChI is InChI=1S/C16H23BrN2O/c1-3-16(9-6-10-18-11-16)15(20)19-12(2)13-7-4-5-8-14(13)17/h4-5,7-8,12,18H,3,6,9-11H2,1-2H3,(H,19,20)/t12-,16?/m0/s1. The average molecular weight is 339 g/mol. The van der Waals surface area contributed by atoms with Crippen molar-refractivity contribution in [3.05, 3.63) is 34.3 Å². The number of amides is 1. The van der Waals surface area contributed by atoms with Gasteiger partial charge in [0.2, 0.25) is 5.91 Å². The molecule has 2 N–H and O–H groups in total. The Bertz CT molecular complexity index is 469. The molecule has 0 saturated carbocycles. The molecule has 0 radical (unpaired) electrons. The fraction of sp³-hybridized carbons (Fsp3) is 0.562. The minimum Gasteiger partial charge on any atom is -0.349 e. The predicted molar refractivity (Wildman–Crippen MR) is 85.5 cm³/mol. The second kappa shape index (κ2) is 6.72. The molecule has 1 aliphatic rings. The summed E-state index contributed by atoms with van der Waals surface area (Å²) in [4.78, 5) is 12.7. The summed E-state index contributed by atoms with van der Waals surface area (Å²) < 4.78 is 1.04. The average Bonchev–Trinajstić information content (AvgIpc) is 2.48. The van der Waals surface area contributed by atoms with Gasteiger partial charge >= 0.3 is 0 Å². The van der Waals surface area contributed by atoms with Crippen molar-refractivity contribution in [1.82, 2.24) is 10.6 Å². The van der Waals surface area contributed by atoms with Crippen molar-refractivity contribution in [3.63, 3.8) is 0 Å². The molecule has 0 spiro atoms. The van der Waals surface area contributed by atoms with Crippen molar-refractivity contribution >= 4 is 21.8 Å². The molecule has 2 rings (SSSR count). The van der Waals surface area contributed by atoms with Crippen LogP contribution in [0.4, 0.5) is 0 Å². The maximum absolute atomic E-state index is 12.7. The Morgan fingerprint density at radius 2 is 2.25 bits per heavy atom. The summed E-state index contributed by atoms with van der Waals surface area (Å²) in [6, 6.07) is 8.06. The van der Waals surface area contributed by atoms with E-state index in [0.717, 1.165) is 42.4 Å². The number of rotatable bonds is 4. The van der Waals surface area contributed by atoms with Gasteiger partial charge < -0.3 is 10.6 Å². The summed E-state index contributed by atoms with van der Waals surface area (Å²) in [5.41, 5.74) is 0.879. The second-order valence-corrected chi connectivity index (χ2v) is 6.49. The number of hydrogen-bond acceptors (Lipinski definition) is 2. The van der Waals surface area contributed by atoms with Crippen LogP contribution in [0.25, 0.3) is 0 Å². The van der Waals surface area contributed by atoms with Crippen LogP contribution < -0.4 is 10.6 Å². The quantitative estimate of drug-likeness (QED) is 0.883. The van der Waals surface area contributed by atoms with Crippen LogP contribution >= 0.6 is 15.9 Å². The summed E-state index contributed by atoms with van der Waals surface area (Å²) in [6.45, 7) is 5.96. The maximum Gasteiger partial charge on any atom is 0.227 e. The predicted octanol–water partition coefficient (Wildman–Crippen LogP) is 3.41. The largest absolute Gasteiger partial charge is 0.349 e. The molecule has 1 unspecified atom stereocenters. The maximum atomic E-state index is 12.7. The minimum absolute atomic E-state index is 0.0171. The summed E-state index contributed by atoms with van der Waals surface area (Å²) in [6.07, 6.45) is 2.93. The van der Waals surface area contributed by atoms with Gasteiger partial charge in [-0.05, 0) is 44.4 Å². The molecule has 1 aromatic rings. The number of nitrogens with one attached hydrogen (secondary N) is 2. The molecule has 3 nitrogen and oxygen atoms in total. The van der Waals surface area contributed by atoms with E-state index < -0.39 is 0 Å². The molecule has 4 heteroatoms. The van der Waals surface area contributed by atoms with Crippen molar-refractivity contribution in [3.8, 4) is 0 Å². The number of halogens is 1. The molecule has 0 aliphatic carbocycles. The lowest BCUT2D eigenvalue weighted by atomic mass is 9.77. The topological polar surface area (TPSA) is 41.1 Å². The van der Waals surface area contributed by atoms with Crippen molar-refractivity contribution in [2.75, 3.05) is 13.1 Å². The Morgan fingerprint density at radius 1 is 1.50 bits per heavy atom. The highest BCUT2D eigenvalue weighted by Crippen LogP contribution is 2.32. The summed E-state index contributed by atoms with van der Waals surface area (Å²) in [5, 5.41) is 6.55. The van der Waals surface area contributed by atoms with E-state index in [1.807, 2.05) is 31.2 Å². The SMILES string of the molecule is CCC1(C(=O)N[C@@H](C)c2ccccc2Br)CCCNC1. The van der Waals surface area contributed by atoms with E-state index >= 15 is 0 Å². The Labute approximate surface area is 129 Å². The highest BCUT2D eigenvalue weighted by atomic mass is 79.9. The molecule has 1 amide bonds. The number of piperidine rings is 1. The lowest BCUT2D eigenvalue weighted by molar-refractivity contribution is -0.133. The third kappa shape index (κ3) is 3.23. The lowest BCUT2D eigenvalue weighted by Crippen LogP contribution is -2.50. The first-order chi connectivity index (χ1) is 9.59. The zero-order chi connectivity index (χ0) is 14.6. The third-order valence-corrected chi connectivity index (χ3v) is 5.07. The van der Waals surface area contributed by atoms with Crippen LogP contribution in [0.15, 0.2) is 28.7 Å². The second-order valence-electron chi connectivity index (χ2n) is 5.63. The zero-order valence-corrected chi connectivity index (χ0v) is 13.8. The van der Waals surface area contributed by atoms with Crippen LogP contribution in [0.2, 0.25) is 0 Å². The van der Waals surface area contributed by atoms with E-state index in [0.29, 0.717) is 0 Å². The van der Waals surface area contributed by atoms with E-state index in [4.69, 9.17) is 0 Å². The first-order valence-corrected chi connectivity index (χ1v) is 8.14. The van der Waals surface area contributed by atoms with Gasteiger partial charge in [-0.15, -0.1) is 0 Å². The van der Waals surface area contributed by atoms with Gasteiger partial charge in [-0.25, -0.2) is 0 Å². The van der Waals surface area contributed by atoms with Crippen molar-refractivity contribution in [1.29, 1.82) is 0 Å². The molecule has 1 heterocycles. The molecule has 110 valence electrons. The summed E-state index contributed by atoms with van der Waals surface area (Å²) >= 11 is 3.55. The fourth-order valence-electron chi connectivity index (χ4n) is 2.88. The van der Waals surface area contributed by atoms with Crippen LogP contribution in [0.5, 0.6) is 0 Å². The third-order valence-electron chi connectivity index (χ3n) is 4.35. The fourth-order valence-corrected chi connectivity index (χ4v) is 3.51.